The molecular weight excluding hydrogens is 280 g/mol. The molecule has 1 heterocycles. The fraction of sp³-hybridized carbons (Fsp3) is 0.412. The Morgan fingerprint density at radius 3 is 2.76 bits per heavy atom. The molecule has 1 aromatic carbocycles. The summed E-state index contributed by atoms with van der Waals surface area (Å²) in [6.07, 6.45) is 1.09. The first kappa shape index (κ1) is 15.9. The molecule has 3 nitrogen and oxygen atoms in total. The maximum Gasteiger partial charge on any atom is 0.122 e. The Balaban J connectivity index is 2.07. The van der Waals surface area contributed by atoms with E-state index < -0.39 is 0 Å². The predicted octanol–water partition coefficient (Wildman–Crippen LogP) is 4.15. The van der Waals surface area contributed by atoms with Gasteiger partial charge in [0.2, 0.25) is 0 Å². The lowest BCUT2D eigenvalue weighted by Crippen LogP contribution is -2.20. The van der Waals surface area contributed by atoms with Crippen LogP contribution in [0.3, 0.4) is 0 Å². The molecule has 0 fully saturated rings. The second kappa shape index (κ2) is 7.48. The zero-order valence-corrected chi connectivity index (χ0v) is 13.8. The maximum absolute atomic E-state index is 10.3. The van der Waals surface area contributed by atoms with Gasteiger partial charge in [0, 0.05) is 35.3 Å². The first-order valence-electron chi connectivity index (χ1n) is 7.41. The van der Waals surface area contributed by atoms with Crippen molar-refractivity contribution in [2.24, 2.45) is 0 Å². The number of thiophene rings is 1. The van der Waals surface area contributed by atoms with Gasteiger partial charge in [0.15, 0.2) is 0 Å². The third-order valence-electron chi connectivity index (χ3n) is 3.59. The molecule has 114 valence electrons. The Bertz CT molecular complexity index is 554. The number of aromatic hydroxyl groups is 1. The van der Waals surface area contributed by atoms with Gasteiger partial charge in [-0.1, -0.05) is 19.1 Å². The van der Waals surface area contributed by atoms with Gasteiger partial charge in [0.25, 0.3) is 0 Å². The maximum atomic E-state index is 10.3. The van der Waals surface area contributed by atoms with Crippen LogP contribution in [0.15, 0.2) is 35.7 Å². The Morgan fingerprint density at radius 2 is 2.14 bits per heavy atom. The fourth-order valence-corrected chi connectivity index (χ4v) is 3.09. The molecule has 0 amide bonds. The summed E-state index contributed by atoms with van der Waals surface area (Å²) in [5.41, 5.74) is 1.99. The van der Waals surface area contributed by atoms with Gasteiger partial charge in [0.05, 0.1) is 6.54 Å². The lowest BCUT2D eigenvalue weighted by Gasteiger charge is -2.21. The van der Waals surface area contributed by atoms with E-state index in [2.05, 4.69) is 47.6 Å². The second-order valence-electron chi connectivity index (χ2n) is 5.35. The zero-order chi connectivity index (χ0) is 15.2. The van der Waals surface area contributed by atoms with E-state index in [4.69, 9.17) is 0 Å². The molecule has 1 aromatic heterocycles. The van der Waals surface area contributed by atoms with E-state index in [1.165, 1.54) is 4.88 Å². The van der Waals surface area contributed by atoms with Crippen LogP contribution in [0, 0.1) is 0 Å². The Labute approximate surface area is 131 Å². The minimum atomic E-state index is 0.168. The summed E-state index contributed by atoms with van der Waals surface area (Å²) in [4.78, 5) is 3.47. The zero-order valence-electron chi connectivity index (χ0n) is 13.0. The molecule has 21 heavy (non-hydrogen) atoms. The lowest BCUT2D eigenvalue weighted by atomic mass is 10.1. The minimum absolute atomic E-state index is 0.168. The van der Waals surface area contributed by atoms with Gasteiger partial charge in [0.1, 0.15) is 5.75 Å². The van der Waals surface area contributed by atoms with E-state index in [1.807, 2.05) is 19.2 Å². The molecule has 2 N–H and O–H groups in total. The number of benzene rings is 1. The summed E-state index contributed by atoms with van der Waals surface area (Å²) in [6, 6.07) is 10.3. The van der Waals surface area contributed by atoms with Crippen molar-refractivity contribution in [2.75, 3.05) is 18.5 Å². The van der Waals surface area contributed by atoms with Gasteiger partial charge in [-0.2, -0.15) is 0 Å². The van der Waals surface area contributed by atoms with Crippen LogP contribution in [0.2, 0.25) is 0 Å². The van der Waals surface area contributed by atoms with Crippen LogP contribution in [0.25, 0.3) is 0 Å². The highest BCUT2D eigenvalue weighted by Crippen LogP contribution is 2.29. The molecule has 2 rings (SSSR count). The predicted molar refractivity (Wildman–Crippen MR) is 91.2 cm³/mol. The van der Waals surface area contributed by atoms with Crippen molar-refractivity contribution in [3.05, 3.63) is 46.2 Å². The Kier molecular flexibility index (Phi) is 5.65. The molecule has 0 spiro atoms. The van der Waals surface area contributed by atoms with Crippen molar-refractivity contribution >= 4 is 17.0 Å². The molecule has 0 saturated heterocycles. The van der Waals surface area contributed by atoms with Crippen molar-refractivity contribution in [3.63, 3.8) is 0 Å². The summed E-state index contributed by atoms with van der Waals surface area (Å²) in [5.74, 6) is 0.363. The van der Waals surface area contributed by atoms with Gasteiger partial charge in [-0.25, -0.2) is 0 Å². The molecule has 0 saturated carbocycles. The topological polar surface area (TPSA) is 35.5 Å². The first-order chi connectivity index (χ1) is 10.1. The highest BCUT2D eigenvalue weighted by atomic mass is 32.1. The summed E-state index contributed by atoms with van der Waals surface area (Å²) in [6.45, 7) is 6.04. The molecular formula is C17H24N2OS. The van der Waals surface area contributed by atoms with E-state index in [1.54, 1.807) is 11.3 Å². The average Bonchev–Trinajstić information content (AvgIpc) is 2.97. The van der Waals surface area contributed by atoms with E-state index in [9.17, 15) is 5.11 Å². The Hall–Kier alpha value is -1.52. The number of nitrogens with one attached hydrogen (secondary N) is 1. The molecule has 0 radical (unpaired) electrons. The standard InChI is InChI=1S/C17H24N2OS/c1-4-9-18-13(2)16-8-7-14(11-17(16)20)19(3)12-15-6-5-10-21-15/h5-8,10-11,13,18,20H,4,9,12H2,1-3H3. The summed E-state index contributed by atoms with van der Waals surface area (Å²) in [5, 5.41) is 15.8. The van der Waals surface area contributed by atoms with Gasteiger partial charge >= 0.3 is 0 Å². The number of nitrogens with zero attached hydrogens (tertiary/aromatic N) is 1. The molecule has 4 heteroatoms. The van der Waals surface area contributed by atoms with Crippen LogP contribution in [0.4, 0.5) is 5.69 Å². The summed E-state index contributed by atoms with van der Waals surface area (Å²) < 4.78 is 0. The molecule has 0 bridgehead atoms. The molecule has 1 atom stereocenters. The van der Waals surface area contributed by atoms with Gasteiger partial charge in [-0.15, -0.1) is 11.3 Å². The first-order valence-corrected chi connectivity index (χ1v) is 8.29. The lowest BCUT2D eigenvalue weighted by molar-refractivity contribution is 0.452. The average molecular weight is 304 g/mol. The van der Waals surface area contributed by atoms with Gasteiger partial charge in [-0.3, -0.25) is 0 Å². The molecule has 0 aliphatic carbocycles. The smallest absolute Gasteiger partial charge is 0.122 e. The van der Waals surface area contributed by atoms with E-state index in [0.29, 0.717) is 5.75 Å². The van der Waals surface area contributed by atoms with Gasteiger partial charge < -0.3 is 15.3 Å². The fourth-order valence-electron chi connectivity index (χ4n) is 2.33. The number of hydrogen-bond donors (Lipinski definition) is 2. The third-order valence-corrected chi connectivity index (χ3v) is 4.46. The van der Waals surface area contributed by atoms with Crippen LogP contribution in [0.1, 0.15) is 36.8 Å². The molecule has 2 aromatic rings. The minimum Gasteiger partial charge on any atom is -0.508 e. The van der Waals surface area contributed by atoms with E-state index in [0.717, 1.165) is 30.8 Å². The van der Waals surface area contributed by atoms with Crippen molar-refractivity contribution in [1.29, 1.82) is 0 Å². The number of phenolic OH excluding ortho intramolecular Hbond substituents is 1. The molecule has 0 aliphatic rings. The number of phenols is 1. The molecule has 1 unspecified atom stereocenters. The van der Waals surface area contributed by atoms with Crippen LogP contribution in [0.5, 0.6) is 5.75 Å². The monoisotopic (exact) mass is 304 g/mol. The number of rotatable bonds is 7. The van der Waals surface area contributed by atoms with Crippen molar-refractivity contribution < 1.29 is 5.11 Å². The third kappa shape index (κ3) is 4.22. The van der Waals surface area contributed by atoms with Crippen LogP contribution >= 0.6 is 11.3 Å². The normalized spacial score (nSPS) is 12.3. The summed E-state index contributed by atoms with van der Waals surface area (Å²) >= 11 is 1.75. The van der Waals surface area contributed by atoms with Crippen LogP contribution in [-0.2, 0) is 6.54 Å². The highest BCUT2D eigenvalue weighted by Gasteiger charge is 2.12. The number of hydrogen-bond acceptors (Lipinski definition) is 4. The van der Waals surface area contributed by atoms with Crippen LogP contribution in [-0.4, -0.2) is 18.7 Å². The second-order valence-corrected chi connectivity index (χ2v) is 6.39. The van der Waals surface area contributed by atoms with Crippen molar-refractivity contribution in [3.8, 4) is 5.75 Å². The molecule has 0 aliphatic heterocycles. The Morgan fingerprint density at radius 1 is 1.33 bits per heavy atom. The summed E-state index contributed by atoms with van der Waals surface area (Å²) in [7, 11) is 2.05. The van der Waals surface area contributed by atoms with Crippen LogP contribution < -0.4 is 10.2 Å². The van der Waals surface area contributed by atoms with E-state index in [-0.39, 0.29) is 6.04 Å². The van der Waals surface area contributed by atoms with Crippen molar-refractivity contribution in [1.82, 2.24) is 5.32 Å². The largest absolute Gasteiger partial charge is 0.508 e. The number of anilines is 1. The highest BCUT2D eigenvalue weighted by molar-refractivity contribution is 7.09. The quantitative estimate of drug-likeness (QED) is 0.806. The van der Waals surface area contributed by atoms with Gasteiger partial charge in [-0.05, 0) is 37.4 Å². The van der Waals surface area contributed by atoms with E-state index >= 15 is 0 Å². The SMILES string of the molecule is CCCNC(C)c1ccc(N(C)Cc2cccs2)cc1O. The van der Waals surface area contributed by atoms with Crippen molar-refractivity contribution in [2.45, 2.75) is 32.9 Å².